The third kappa shape index (κ3) is 4.55. The van der Waals surface area contributed by atoms with Gasteiger partial charge in [-0.2, -0.15) is 13.2 Å². The molecule has 0 unspecified atom stereocenters. The molecule has 0 radical (unpaired) electrons. The number of benzene rings is 2. The van der Waals surface area contributed by atoms with Crippen molar-refractivity contribution in [3.8, 4) is 5.69 Å². The Morgan fingerprint density at radius 3 is 2.10 bits per heavy atom. The first-order valence-electron chi connectivity index (χ1n) is 8.74. The van der Waals surface area contributed by atoms with Crippen molar-refractivity contribution >= 4 is 15.9 Å². The molecule has 3 rings (SSSR count). The van der Waals surface area contributed by atoms with Crippen LogP contribution < -0.4 is 10.3 Å². The predicted molar refractivity (Wildman–Crippen MR) is 104 cm³/mol. The highest BCUT2D eigenvalue weighted by atomic mass is 32.2. The first-order valence-corrected chi connectivity index (χ1v) is 10.2. The maximum atomic E-state index is 12.8. The van der Waals surface area contributed by atoms with E-state index in [2.05, 4.69) is 0 Å². The molecule has 6 nitrogen and oxygen atoms in total. The predicted octanol–water partition coefficient (Wildman–Crippen LogP) is 3.74. The lowest BCUT2D eigenvalue weighted by atomic mass is 10.2. The lowest BCUT2D eigenvalue weighted by Gasteiger charge is -2.12. The van der Waals surface area contributed by atoms with Crippen LogP contribution in [0, 0.1) is 13.8 Å². The second-order valence-corrected chi connectivity index (χ2v) is 8.27. The number of aromatic nitrogens is 1. The number of carbonyl (C=O) groups is 1. The molecule has 1 amide bonds. The Hall–Kier alpha value is -3.11. The fraction of sp³-hybridized carbons (Fsp3) is 0.150. The van der Waals surface area contributed by atoms with E-state index in [1.807, 2.05) is 40.8 Å². The van der Waals surface area contributed by atoms with Gasteiger partial charge in [-0.15, -0.1) is 4.83 Å². The van der Waals surface area contributed by atoms with Crippen LogP contribution in [0.4, 0.5) is 13.2 Å². The number of aryl methyl sites for hydroxylation is 2. The number of halogens is 3. The fourth-order valence-electron chi connectivity index (χ4n) is 2.92. The topological polar surface area (TPSA) is 80.2 Å². The van der Waals surface area contributed by atoms with Crippen molar-refractivity contribution < 1.29 is 26.4 Å². The number of nitrogens with zero attached hydrogens (tertiary/aromatic N) is 1. The van der Waals surface area contributed by atoms with Crippen molar-refractivity contribution in [3.63, 3.8) is 0 Å². The van der Waals surface area contributed by atoms with Crippen molar-refractivity contribution in [2.75, 3.05) is 0 Å². The van der Waals surface area contributed by atoms with E-state index < -0.39 is 32.6 Å². The maximum absolute atomic E-state index is 12.8. The van der Waals surface area contributed by atoms with Gasteiger partial charge in [-0.1, -0.05) is 6.07 Å². The SMILES string of the molecule is Cc1ccc(C)n1-c1ccc(C(=O)NNS(=O)(=O)c2cccc(C(F)(F)F)c2)cc1. The maximum Gasteiger partial charge on any atom is 0.416 e. The number of alkyl halides is 3. The summed E-state index contributed by atoms with van der Waals surface area (Å²) in [4.78, 5) is 13.4. The van der Waals surface area contributed by atoms with Crippen molar-refractivity contribution in [2.24, 2.45) is 0 Å². The molecule has 1 aromatic heterocycles. The van der Waals surface area contributed by atoms with Crippen LogP contribution in [0.1, 0.15) is 27.3 Å². The average Bonchev–Trinajstić information content (AvgIpc) is 3.04. The Kier molecular flexibility index (Phi) is 5.73. The summed E-state index contributed by atoms with van der Waals surface area (Å²) in [5.74, 6) is -0.752. The molecule has 3 aromatic rings. The molecule has 0 saturated heterocycles. The molecule has 0 fully saturated rings. The van der Waals surface area contributed by atoms with Gasteiger partial charge in [-0.05, 0) is 68.4 Å². The standard InChI is InChI=1S/C20H18F3N3O3S/c1-13-6-7-14(2)26(13)17-10-8-15(9-11-17)19(27)24-25-30(28,29)18-5-3-4-16(12-18)20(21,22)23/h3-12,25H,1-2H3,(H,24,27). The number of sulfonamides is 1. The normalized spacial score (nSPS) is 12.0. The first kappa shape index (κ1) is 21.6. The van der Waals surface area contributed by atoms with Crippen LogP contribution in [0.2, 0.25) is 0 Å². The average molecular weight is 437 g/mol. The first-order chi connectivity index (χ1) is 14.0. The van der Waals surface area contributed by atoms with E-state index in [9.17, 15) is 26.4 Å². The minimum atomic E-state index is -4.69. The summed E-state index contributed by atoms with van der Waals surface area (Å²) < 4.78 is 64.8. The monoisotopic (exact) mass is 437 g/mol. The Bertz CT molecular complexity index is 1160. The summed E-state index contributed by atoms with van der Waals surface area (Å²) in [5.41, 5.74) is 3.93. The molecular weight excluding hydrogens is 419 g/mol. The van der Waals surface area contributed by atoms with Gasteiger partial charge in [0.2, 0.25) is 0 Å². The fourth-order valence-corrected chi connectivity index (χ4v) is 3.81. The Labute approximate surface area is 171 Å². The van der Waals surface area contributed by atoms with Crippen molar-refractivity contribution in [1.82, 2.24) is 14.8 Å². The van der Waals surface area contributed by atoms with E-state index in [-0.39, 0.29) is 5.56 Å². The lowest BCUT2D eigenvalue weighted by Crippen LogP contribution is -2.41. The molecule has 0 aliphatic rings. The van der Waals surface area contributed by atoms with Gasteiger partial charge in [0.05, 0.1) is 10.5 Å². The summed E-state index contributed by atoms with van der Waals surface area (Å²) in [6, 6.07) is 13.6. The Morgan fingerprint density at radius 2 is 1.53 bits per heavy atom. The van der Waals surface area contributed by atoms with Gasteiger partial charge >= 0.3 is 6.18 Å². The van der Waals surface area contributed by atoms with Crippen molar-refractivity contribution in [1.29, 1.82) is 0 Å². The number of hydrogen-bond donors (Lipinski definition) is 2. The third-order valence-corrected chi connectivity index (χ3v) is 5.67. The highest BCUT2D eigenvalue weighted by Gasteiger charge is 2.31. The van der Waals surface area contributed by atoms with Crippen LogP contribution in [0.5, 0.6) is 0 Å². The number of nitrogens with one attached hydrogen (secondary N) is 2. The number of hydrogen-bond acceptors (Lipinski definition) is 3. The minimum absolute atomic E-state index is 0.174. The second kappa shape index (κ2) is 7.96. The van der Waals surface area contributed by atoms with Crippen LogP contribution in [-0.2, 0) is 16.2 Å². The minimum Gasteiger partial charge on any atom is -0.319 e. The van der Waals surface area contributed by atoms with Gasteiger partial charge in [-0.25, -0.2) is 8.42 Å². The van der Waals surface area contributed by atoms with Gasteiger partial charge < -0.3 is 4.57 Å². The van der Waals surface area contributed by atoms with Crippen LogP contribution in [0.25, 0.3) is 5.69 Å². The van der Waals surface area contributed by atoms with Crippen molar-refractivity contribution in [2.45, 2.75) is 24.9 Å². The molecule has 0 aliphatic heterocycles. The number of carbonyl (C=O) groups excluding carboxylic acids is 1. The molecule has 2 aromatic carbocycles. The second-order valence-electron chi connectivity index (χ2n) is 6.58. The zero-order chi connectivity index (χ0) is 22.1. The van der Waals surface area contributed by atoms with Gasteiger partial charge in [0, 0.05) is 22.6 Å². The largest absolute Gasteiger partial charge is 0.416 e. The van der Waals surface area contributed by atoms with E-state index in [1.54, 1.807) is 12.1 Å². The molecule has 0 saturated carbocycles. The Morgan fingerprint density at radius 1 is 0.933 bits per heavy atom. The molecule has 0 bridgehead atoms. The molecule has 158 valence electrons. The molecular formula is C20H18F3N3O3S. The summed E-state index contributed by atoms with van der Waals surface area (Å²) >= 11 is 0. The third-order valence-electron chi connectivity index (χ3n) is 4.43. The quantitative estimate of drug-likeness (QED) is 0.597. The van der Waals surface area contributed by atoms with Gasteiger partial charge in [0.15, 0.2) is 0 Å². The van der Waals surface area contributed by atoms with Gasteiger partial charge in [-0.3, -0.25) is 10.2 Å². The van der Waals surface area contributed by atoms with E-state index in [0.717, 1.165) is 35.3 Å². The van der Waals surface area contributed by atoms with E-state index in [4.69, 9.17) is 0 Å². The van der Waals surface area contributed by atoms with Crippen LogP contribution in [-0.4, -0.2) is 18.9 Å². The van der Waals surface area contributed by atoms with Crippen LogP contribution in [0.15, 0.2) is 65.6 Å². The molecule has 0 aliphatic carbocycles. The van der Waals surface area contributed by atoms with E-state index >= 15 is 0 Å². The van der Waals surface area contributed by atoms with E-state index in [1.165, 1.54) is 12.1 Å². The highest BCUT2D eigenvalue weighted by Crippen LogP contribution is 2.30. The zero-order valence-corrected chi connectivity index (χ0v) is 16.8. The van der Waals surface area contributed by atoms with Crippen LogP contribution >= 0.6 is 0 Å². The smallest absolute Gasteiger partial charge is 0.319 e. The lowest BCUT2D eigenvalue weighted by molar-refractivity contribution is -0.137. The number of amides is 1. The molecule has 1 heterocycles. The zero-order valence-electron chi connectivity index (χ0n) is 16.0. The van der Waals surface area contributed by atoms with E-state index in [0.29, 0.717) is 6.07 Å². The molecule has 0 spiro atoms. The summed E-state index contributed by atoms with van der Waals surface area (Å²) in [5, 5.41) is 0. The van der Waals surface area contributed by atoms with Crippen molar-refractivity contribution in [3.05, 3.63) is 83.2 Å². The molecule has 2 N–H and O–H groups in total. The molecule has 0 atom stereocenters. The summed E-state index contributed by atoms with van der Waals surface area (Å²) in [7, 11) is -4.39. The van der Waals surface area contributed by atoms with Gasteiger partial charge in [0.25, 0.3) is 15.9 Å². The van der Waals surface area contributed by atoms with Gasteiger partial charge in [0.1, 0.15) is 0 Å². The number of hydrazine groups is 1. The summed E-state index contributed by atoms with van der Waals surface area (Å²) in [6.45, 7) is 3.88. The summed E-state index contributed by atoms with van der Waals surface area (Å²) in [6.07, 6.45) is -4.69. The van der Waals surface area contributed by atoms with Crippen LogP contribution in [0.3, 0.4) is 0 Å². The molecule has 30 heavy (non-hydrogen) atoms. The highest BCUT2D eigenvalue weighted by molar-refractivity contribution is 7.89. The molecule has 10 heteroatoms. The Balaban J connectivity index is 1.72. The number of rotatable bonds is 5.